The molecule has 1 N–H and O–H groups in total. The third-order valence-electron chi connectivity index (χ3n) is 1.72. The minimum absolute atomic E-state index is 0.375. The van der Waals surface area contributed by atoms with E-state index in [9.17, 15) is 4.79 Å². The molecule has 94 valence electrons. The zero-order valence-electron chi connectivity index (χ0n) is 10.4. The molecule has 0 aromatic carbocycles. The van der Waals surface area contributed by atoms with E-state index in [0.29, 0.717) is 6.54 Å². The molecule has 1 rings (SSSR count). The fourth-order valence-corrected chi connectivity index (χ4v) is 1.60. The van der Waals surface area contributed by atoms with Crippen LogP contribution in [0.15, 0.2) is 17.0 Å². The number of nitrogens with one attached hydrogen (secondary N) is 1. The van der Waals surface area contributed by atoms with Gasteiger partial charge in [0.25, 0.3) is 0 Å². The van der Waals surface area contributed by atoms with Crippen LogP contribution in [0.4, 0.5) is 4.79 Å². The molecule has 0 fully saturated rings. The van der Waals surface area contributed by atoms with Crippen molar-refractivity contribution in [2.24, 2.45) is 0 Å². The number of alkyl carbamates (subject to hydrolysis) is 1. The largest absolute Gasteiger partial charge is 0.444 e. The monoisotopic (exact) mass is 254 g/mol. The highest BCUT2D eigenvalue weighted by Gasteiger charge is 2.14. The van der Waals surface area contributed by atoms with Crippen LogP contribution in [0.5, 0.6) is 0 Å². The molecule has 0 aliphatic heterocycles. The maximum Gasteiger partial charge on any atom is 0.407 e. The first-order chi connectivity index (χ1) is 7.97. The molecule has 0 bridgehead atoms. The maximum absolute atomic E-state index is 11.3. The summed E-state index contributed by atoms with van der Waals surface area (Å²) in [5.41, 5.74) is 2.30. The normalized spacial score (nSPS) is 11.7. The maximum atomic E-state index is 11.3. The van der Waals surface area contributed by atoms with Crippen LogP contribution in [0.25, 0.3) is 6.08 Å². The van der Waals surface area contributed by atoms with Gasteiger partial charge in [-0.15, -0.1) is 11.3 Å². The number of hydrogen-bond donors (Lipinski definition) is 1. The number of amides is 1. The summed E-state index contributed by atoms with van der Waals surface area (Å²) >= 11 is 1.56. The third kappa shape index (κ3) is 6.73. The Morgan fingerprint density at radius 1 is 1.59 bits per heavy atom. The van der Waals surface area contributed by atoms with Crippen LogP contribution in [0, 0.1) is 0 Å². The molecule has 1 aromatic rings. The van der Waals surface area contributed by atoms with Gasteiger partial charge in [-0.25, -0.2) is 9.78 Å². The third-order valence-corrected chi connectivity index (χ3v) is 2.32. The van der Waals surface area contributed by atoms with Crippen molar-refractivity contribution >= 4 is 23.5 Å². The van der Waals surface area contributed by atoms with Crippen molar-refractivity contribution in [3.05, 3.63) is 22.7 Å². The zero-order chi connectivity index (χ0) is 12.7. The Labute approximate surface area is 106 Å². The van der Waals surface area contributed by atoms with Gasteiger partial charge >= 0.3 is 6.09 Å². The van der Waals surface area contributed by atoms with Gasteiger partial charge in [-0.3, -0.25) is 0 Å². The minimum Gasteiger partial charge on any atom is -0.444 e. The molecule has 1 amide bonds. The highest BCUT2D eigenvalue weighted by molar-refractivity contribution is 7.07. The van der Waals surface area contributed by atoms with E-state index in [-0.39, 0.29) is 6.09 Å². The molecule has 4 nitrogen and oxygen atoms in total. The van der Waals surface area contributed by atoms with Gasteiger partial charge in [0.05, 0.1) is 11.2 Å². The van der Waals surface area contributed by atoms with Crippen LogP contribution in [0.1, 0.15) is 32.9 Å². The van der Waals surface area contributed by atoms with Crippen molar-refractivity contribution in [3.8, 4) is 0 Å². The second-order valence-corrected chi connectivity index (χ2v) is 5.25. The zero-order valence-corrected chi connectivity index (χ0v) is 11.2. The summed E-state index contributed by atoms with van der Waals surface area (Å²) in [6.45, 7) is 6.09. The van der Waals surface area contributed by atoms with Crippen LogP contribution in [0.3, 0.4) is 0 Å². The molecule has 0 unspecified atom stereocenters. The van der Waals surface area contributed by atoms with Gasteiger partial charge in [-0.05, 0) is 33.3 Å². The molecule has 0 saturated heterocycles. The topological polar surface area (TPSA) is 51.2 Å². The van der Waals surface area contributed by atoms with Crippen LogP contribution in [-0.4, -0.2) is 23.2 Å². The van der Waals surface area contributed by atoms with Crippen molar-refractivity contribution in [3.63, 3.8) is 0 Å². The molecule has 0 aliphatic carbocycles. The van der Waals surface area contributed by atoms with Crippen molar-refractivity contribution in [1.29, 1.82) is 0 Å². The summed E-state index contributed by atoms with van der Waals surface area (Å²) in [6, 6.07) is 0. The van der Waals surface area contributed by atoms with Gasteiger partial charge in [-0.1, -0.05) is 6.08 Å². The van der Waals surface area contributed by atoms with Crippen molar-refractivity contribution in [2.75, 3.05) is 6.54 Å². The Bertz CT molecular complexity index is 366. The number of ether oxygens (including phenoxy) is 1. The molecule has 17 heavy (non-hydrogen) atoms. The molecule has 0 spiro atoms. The Morgan fingerprint density at radius 2 is 2.35 bits per heavy atom. The summed E-state index contributed by atoms with van der Waals surface area (Å²) in [6.07, 6.45) is 4.30. The van der Waals surface area contributed by atoms with E-state index >= 15 is 0 Å². The van der Waals surface area contributed by atoms with Crippen LogP contribution in [0.2, 0.25) is 0 Å². The Hall–Kier alpha value is -1.36. The predicted octanol–water partition coefficient (Wildman–Crippen LogP) is 3.07. The SMILES string of the molecule is CC(C)(C)OC(=O)NCCC=Cc1cscn1. The van der Waals surface area contributed by atoms with E-state index in [1.54, 1.807) is 16.8 Å². The summed E-state index contributed by atoms with van der Waals surface area (Å²) in [7, 11) is 0. The number of rotatable bonds is 4. The van der Waals surface area contributed by atoms with Crippen LogP contribution < -0.4 is 5.32 Å². The quantitative estimate of drug-likeness (QED) is 0.840. The number of carbonyl (C=O) groups is 1. The summed E-state index contributed by atoms with van der Waals surface area (Å²) < 4.78 is 5.11. The molecule has 0 radical (unpaired) electrons. The highest BCUT2D eigenvalue weighted by atomic mass is 32.1. The Kier molecular flexibility index (Phi) is 5.15. The molecule has 0 aliphatic rings. The molecule has 0 saturated carbocycles. The van der Waals surface area contributed by atoms with E-state index in [1.165, 1.54) is 0 Å². The minimum atomic E-state index is -0.444. The standard InChI is InChI=1S/C12H18N2O2S/c1-12(2,3)16-11(15)13-7-5-4-6-10-8-17-9-14-10/h4,6,8-9H,5,7H2,1-3H3,(H,13,15). The summed E-state index contributed by atoms with van der Waals surface area (Å²) in [5, 5.41) is 4.66. The predicted molar refractivity (Wildman–Crippen MR) is 70.0 cm³/mol. The Morgan fingerprint density at radius 3 is 2.94 bits per heavy atom. The van der Waals surface area contributed by atoms with E-state index < -0.39 is 5.60 Å². The van der Waals surface area contributed by atoms with E-state index in [0.717, 1.165) is 12.1 Å². The first kappa shape index (κ1) is 13.7. The first-order valence-corrected chi connectivity index (χ1v) is 6.43. The van der Waals surface area contributed by atoms with Crippen molar-refractivity contribution in [1.82, 2.24) is 10.3 Å². The number of carbonyl (C=O) groups excluding carboxylic acids is 1. The fourth-order valence-electron chi connectivity index (χ4n) is 1.08. The number of nitrogens with zero attached hydrogens (tertiary/aromatic N) is 1. The average Bonchev–Trinajstić information content (AvgIpc) is 2.67. The number of thiazole rings is 1. The summed E-state index contributed by atoms with van der Waals surface area (Å²) in [4.78, 5) is 15.4. The van der Waals surface area contributed by atoms with Gasteiger partial charge in [0.2, 0.25) is 0 Å². The van der Waals surface area contributed by atoms with Gasteiger partial charge in [0, 0.05) is 11.9 Å². The van der Waals surface area contributed by atoms with Crippen molar-refractivity contribution < 1.29 is 9.53 Å². The van der Waals surface area contributed by atoms with E-state index in [1.807, 2.05) is 38.3 Å². The lowest BCUT2D eigenvalue weighted by Gasteiger charge is -2.19. The fraction of sp³-hybridized carbons (Fsp3) is 0.500. The van der Waals surface area contributed by atoms with Crippen LogP contribution >= 0.6 is 11.3 Å². The second-order valence-electron chi connectivity index (χ2n) is 4.53. The van der Waals surface area contributed by atoms with E-state index in [4.69, 9.17) is 4.74 Å². The lowest BCUT2D eigenvalue weighted by atomic mass is 10.2. The van der Waals surface area contributed by atoms with Gasteiger partial charge in [0.1, 0.15) is 5.60 Å². The van der Waals surface area contributed by atoms with Crippen LogP contribution in [-0.2, 0) is 4.74 Å². The van der Waals surface area contributed by atoms with Gasteiger partial charge in [-0.2, -0.15) is 0 Å². The average molecular weight is 254 g/mol. The molecule has 1 heterocycles. The number of hydrogen-bond acceptors (Lipinski definition) is 4. The smallest absolute Gasteiger partial charge is 0.407 e. The Balaban J connectivity index is 2.14. The molecular weight excluding hydrogens is 236 g/mol. The van der Waals surface area contributed by atoms with Crippen molar-refractivity contribution in [2.45, 2.75) is 32.8 Å². The summed E-state index contributed by atoms with van der Waals surface area (Å²) in [5.74, 6) is 0. The molecule has 1 aromatic heterocycles. The molecule has 5 heteroatoms. The lowest BCUT2D eigenvalue weighted by Crippen LogP contribution is -2.32. The van der Waals surface area contributed by atoms with Gasteiger partial charge < -0.3 is 10.1 Å². The molecule has 0 atom stereocenters. The first-order valence-electron chi connectivity index (χ1n) is 5.49. The van der Waals surface area contributed by atoms with E-state index in [2.05, 4.69) is 10.3 Å². The lowest BCUT2D eigenvalue weighted by molar-refractivity contribution is 0.0529. The second kappa shape index (κ2) is 6.39. The molecular formula is C12H18N2O2S. The van der Waals surface area contributed by atoms with Gasteiger partial charge in [0.15, 0.2) is 0 Å². The highest BCUT2D eigenvalue weighted by Crippen LogP contribution is 2.06. The number of aromatic nitrogens is 1.